The number of rotatable bonds is 2. The van der Waals surface area contributed by atoms with Gasteiger partial charge in [-0.1, -0.05) is 20.8 Å². The van der Waals surface area contributed by atoms with Gasteiger partial charge in [0.15, 0.2) is 0 Å². The van der Waals surface area contributed by atoms with Crippen molar-refractivity contribution in [1.82, 2.24) is 10.2 Å². The SMILES string of the molecule is CC1CC(C)C(C)N(C[C@@H]2CNC[C@H]2C)C1. The minimum atomic E-state index is 0.781. The lowest BCUT2D eigenvalue weighted by Gasteiger charge is -2.42. The van der Waals surface area contributed by atoms with E-state index in [-0.39, 0.29) is 0 Å². The van der Waals surface area contributed by atoms with Crippen LogP contribution in [0.2, 0.25) is 0 Å². The van der Waals surface area contributed by atoms with Gasteiger partial charge < -0.3 is 5.32 Å². The van der Waals surface area contributed by atoms with Crippen LogP contribution in [0.5, 0.6) is 0 Å². The molecule has 16 heavy (non-hydrogen) atoms. The van der Waals surface area contributed by atoms with Crippen LogP contribution in [-0.2, 0) is 0 Å². The Morgan fingerprint density at radius 1 is 1.06 bits per heavy atom. The Kier molecular flexibility index (Phi) is 3.91. The van der Waals surface area contributed by atoms with E-state index in [0.29, 0.717) is 0 Å². The standard InChI is InChI=1S/C14H28N2/c1-10-5-11(2)13(4)16(8-10)9-14-7-15-6-12(14)3/h10-15H,5-9H2,1-4H3/t10?,11?,12-,13?,14+/m1/s1. The third-order valence-corrected chi connectivity index (χ3v) is 4.87. The van der Waals surface area contributed by atoms with Gasteiger partial charge in [0, 0.05) is 19.1 Å². The highest BCUT2D eigenvalue weighted by Crippen LogP contribution is 2.29. The van der Waals surface area contributed by atoms with Crippen molar-refractivity contribution in [2.24, 2.45) is 23.7 Å². The number of likely N-dealkylation sites (tertiary alicyclic amines) is 1. The van der Waals surface area contributed by atoms with E-state index in [4.69, 9.17) is 0 Å². The topological polar surface area (TPSA) is 15.3 Å². The van der Waals surface area contributed by atoms with E-state index < -0.39 is 0 Å². The molecule has 0 radical (unpaired) electrons. The molecule has 94 valence electrons. The fourth-order valence-corrected chi connectivity index (χ4v) is 3.48. The van der Waals surface area contributed by atoms with Crippen molar-refractivity contribution >= 4 is 0 Å². The number of nitrogens with one attached hydrogen (secondary N) is 1. The molecule has 2 rings (SSSR count). The molecule has 0 aliphatic carbocycles. The van der Waals surface area contributed by atoms with Crippen LogP contribution in [0.1, 0.15) is 34.1 Å². The monoisotopic (exact) mass is 224 g/mol. The smallest absolute Gasteiger partial charge is 0.00929 e. The summed E-state index contributed by atoms with van der Waals surface area (Å²) in [4.78, 5) is 2.74. The van der Waals surface area contributed by atoms with E-state index >= 15 is 0 Å². The summed E-state index contributed by atoms with van der Waals surface area (Å²) in [7, 11) is 0. The van der Waals surface area contributed by atoms with Gasteiger partial charge in [-0.05, 0) is 50.1 Å². The van der Waals surface area contributed by atoms with Crippen molar-refractivity contribution in [1.29, 1.82) is 0 Å². The number of hydrogen-bond acceptors (Lipinski definition) is 2. The molecule has 0 saturated carbocycles. The lowest BCUT2D eigenvalue weighted by Crippen LogP contribution is -2.48. The van der Waals surface area contributed by atoms with E-state index in [2.05, 4.69) is 37.9 Å². The molecule has 1 N–H and O–H groups in total. The van der Waals surface area contributed by atoms with Crippen molar-refractivity contribution < 1.29 is 0 Å². The van der Waals surface area contributed by atoms with Gasteiger partial charge >= 0.3 is 0 Å². The quantitative estimate of drug-likeness (QED) is 0.773. The summed E-state index contributed by atoms with van der Waals surface area (Å²) in [6.45, 7) is 14.7. The Hall–Kier alpha value is -0.0800. The molecule has 5 atom stereocenters. The zero-order chi connectivity index (χ0) is 11.7. The lowest BCUT2D eigenvalue weighted by molar-refractivity contribution is 0.0621. The highest BCUT2D eigenvalue weighted by atomic mass is 15.2. The Morgan fingerprint density at radius 3 is 2.44 bits per heavy atom. The number of piperidine rings is 1. The summed E-state index contributed by atoms with van der Waals surface area (Å²) in [6, 6.07) is 0.781. The predicted molar refractivity (Wildman–Crippen MR) is 69.5 cm³/mol. The summed E-state index contributed by atoms with van der Waals surface area (Å²) in [6.07, 6.45) is 1.41. The first-order valence-corrected chi connectivity index (χ1v) is 7.02. The fourth-order valence-electron chi connectivity index (χ4n) is 3.48. The van der Waals surface area contributed by atoms with Crippen molar-refractivity contribution in [3.8, 4) is 0 Å². The van der Waals surface area contributed by atoms with Gasteiger partial charge in [0.05, 0.1) is 0 Å². The van der Waals surface area contributed by atoms with Crippen molar-refractivity contribution in [3.63, 3.8) is 0 Å². The molecule has 0 bridgehead atoms. The number of nitrogens with zero attached hydrogens (tertiary/aromatic N) is 1. The van der Waals surface area contributed by atoms with Crippen molar-refractivity contribution in [2.45, 2.75) is 40.2 Å². The number of hydrogen-bond donors (Lipinski definition) is 1. The highest BCUT2D eigenvalue weighted by molar-refractivity contribution is 4.87. The van der Waals surface area contributed by atoms with Crippen molar-refractivity contribution in [2.75, 3.05) is 26.2 Å². The van der Waals surface area contributed by atoms with Crippen LogP contribution in [-0.4, -0.2) is 37.1 Å². The first kappa shape index (κ1) is 12.4. The van der Waals surface area contributed by atoms with Gasteiger partial charge in [-0.3, -0.25) is 4.90 Å². The zero-order valence-corrected chi connectivity index (χ0v) is 11.4. The van der Waals surface area contributed by atoms with E-state index in [1.54, 1.807) is 0 Å². The maximum atomic E-state index is 3.52. The summed E-state index contributed by atoms with van der Waals surface area (Å²) in [5, 5.41) is 3.52. The molecule has 2 saturated heterocycles. The van der Waals surface area contributed by atoms with Gasteiger partial charge in [-0.2, -0.15) is 0 Å². The van der Waals surface area contributed by atoms with Gasteiger partial charge in [-0.15, -0.1) is 0 Å². The minimum Gasteiger partial charge on any atom is -0.316 e. The zero-order valence-electron chi connectivity index (χ0n) is 11.4. The maximum absolute atomic E-state index is 3.52. The third-order valence-electron chi connectivity index (χ3n) is 4.87. The Morgan fingerprint density at radius 2 is 1.81 bits per heavy atom. The Bertz CT molecular complexity index is 229. The van der Waals surface area contributed by atoms with E-state index in [9.17, 15) is 0 Å². The molecule has 3 unspecified atom stereocenters. The van der Waals surface area contributed by atoms with Crippen LogP contribution in [0.15, 0.2) is 0 Å². The first-order chi connectivity index (χ1) is 7.58. The normalized spacial score (nSPS) is 46.1. The Balaban J connectivity index is 1.92. The molecule has 2 nitrogen and oxygen atoms in total. The van der Waals surface area contributed by atoms with Crippen LogP contribution in [0.3, 0.4) is 0 Å². The molecule has 0 aromatic heterocycles. The van der Waals surface area contributed by atoms with Crippen molar-refractivity contribution in [3.05, 3.63) is 0 Å². The fraction of sp³-hybridized carbons (Fsp3) is 1.00. The van der Waals surface area contributed by atoms with Gasteiger partial charge in [0.1, 0.15) is 0 Å². The first-order valence-electron chi connectivity index (χ1n) is 7.02. The molecule has 2 fully saturated rings. The predicted octanol–water partition coefficient (Wildman–Crippen LogP) is 2.21. The maximum Gasteiger partial charge on any atom is 0.00929 e. The van der Waals surface area contributed by atoms with Gasteiger partial charge in [0.25, 0.3) is 0 Å². The highest BCUT2D eigenvalue weighted by Gasteiger charge is 2.32. The van der Waals surface area contributed by atoms with Gasteiger partial charge in [0.2, 0.25) is 0 Å². The molecular formula is C14H28N2. The van der Waals surface area contributed by atoms with Crippen LogP contribution in [0, 0.1) is 23.7 Å². The lowest BCUT2D eigenvalue weighted by atomic mass is 9.84. The largest absolute Gasteiger partial charge is 0.316 e. The molecule has 2 aliphatic heterocycles. The second-order valence-electron chi connectivity index (χ2n) is 6.41. The molecule has 2 aliphatic rings. The summed E-state index contributed by atoms with van der Waals surface area (Å²) < 4.78 is 0. The molecular weight excluding hydrogens is 196 g/mol. The summed E-state index contributed by atoms with van der Waals surface area (Å²) >= 11 is 0. The van der Waals surface area contributed by atoms with Crippen LogP contribution in [0.25, 0.3) is 0 Å². The van der Waals surface area contributed by atoms with Crippen LogP contribution < -0.4 is 5.32 Å². The second-order valence-corrected chi connectivity index (χ2v) is 6.41. The van der Waals surface area contributed by atoms with E-state index in [1.807, 2.05) is 0 Å². The van der Waals surface area contributed by atoms with E-state index in [0.717, 1.165) is 29.7 Å². The average Bonchev–Trinajstić information content (AvgIpc) is 2.60. The average molecular weight is 224 g/mol. The van der Waals surface area contributed by atoms with Crippen LogP contribution in [0.4, 0.5) is 0 Å². The molecule has 0 aromatic rings. The van der Waals surface area contributed by atoms with Gasteiger partial charge in [-0.25, -0.2) is 0 Å². The minimum absolute atomic E-state index is 0.781. The molecule has 0 aromatic carbocycles. The molecule has 0 amide bonds. The van der Waals surface area contributed by atoms with E-state index in [1.165, 1.54) is 32.6 Å². The second kappa shape index (κ2) is 5.05. The Labute approximate surface area is 101 Å². The van der Waals surface area contributed by atoms with Crippen LogP contribution >= 0.6 is 0 Å². The third kappa shape index (κ3) is 2.60. The molecule has 2 heterocycles. The summed E-state index contributed by atoms with van der Waals surface area (Å²) in [5.41, 5.74) is 0. The molecule has 2 heteroatoms. The molecule has 0 spiro atoms. The summed E-state index contributed by atoms with van der Waals surface area (Å²) in [5.74, 6) is 3.49.